The molecule has 35 heavy (non-hydrogen) atoms. The smallest absolute Gasteiger partial charge is 0.343 e. The van der Waals surface area contributed by atoms with Crippen LogP contribution in [0.3, 0.4) is 0 Å². The van der Waals surface area contributed by atoms with Crippen LogP contribution in [0.4, 0.5) is 5.82 Å². The molecule has 0 spiro atoms. The van der Waals surface area contributed by atoms with E-state index in [4.69, 9.17) is 14.5 Å². The number of fused-ring (bicyclic) bond motifs is 1. The summed E-state index contributed by atoms with van der Waals surface area (Å²) < 4.78 is 41.2. The minimum absolute atomic E-state index is 0.0358. The molecule has 0 radical (unpaired) electrons. The van der Waals surface area contributed by atoms with Crippen LogP contribution in [0.1, 0.15) is 34.0 Å². The number of esters is 1. The fourth-order valence-corrected chi connectivity index (χ4v) is 5.13. The Hall–Kier alpha value is -3.92. The molecule has 0 unspecified atom stereocenters. The molecular formula is C25H26N4O5S. The summed E-state index contributed by atoms with van der Waals surface area (Å²) >= 11 is 0. The summed E-state index contributed by atoms with van der Waals surface area (Å²) in [6.07, 6.45) is 1.27. The molecule has 9 nitrogen and oxygen atoms in total. The Labute approximate surface area is 203 Å². The zero-order valence-corrected chi connectivity index (χ0v) is 20.9. The van der Waals surface area contributed by atoms with Gasteiger partial charge < -0.3 is 9.47 Å². The second-order valence-electron chi connectivity index (χ2n) is 8.07. The Morgan fingerprint density at radius 1 is 1.09 bits per heavy atom. The number of pyridine rings is 1. The Morgan fingerprint density at radius 2 is 1.86 bits per heavy atom. The first kappa shape index (κ1) is 24.2. The van der Waals surface area contributed by atoms with Crippen LogP contribution in [0.5, 0.6) is 5.75 Å². The lowest BCUT2D eigenvalue weighted by Gasteiger charge is -2.15. The van der Waals surface area contributed by atoms with Gasteiger partial charge in [0.25, 0.3) is 10.0 Å². The summed E-state index contributed by atoms with van der Waals surface area (Å²) in [6, 6.07) is 12.5. The number of anilines is 1. The van der Waals surface area contributed by atoms with Crippen LogP contribution in [0.15, 0.2) is 53.6 Å². The van der Waals surface area contributed by atoms with E-state index in [-0.39, 0.29) is 28.6 Å². The second kappa shape index (κ2) is 9.38. The summed E-state index contributed by atoms with van der Waals surface area (Å²) in [5.41, 5.74) is 3.33. The maximum absolute atomic E-state index is 13.5. The Bertz CT molecular complexity index is 1540. The van der Waals surface area contributed by atoms with Crippen molar-refractivity contribution in [2.75, 3.05) is 18.4 Å². The molecule has 0 aliphatic heterocycles. The highest BCUT2D eigenvalue weighted by atomic mass is 32.2. The van der Waals surface area contributed by atoms with Crippen LogP contribution in [0, 0.1) is 20.8 Å². The highest BCUT2D eigenvalue weighted by molar-refractivity contribution is 7.92. The number of aryl methyl sites for hydroxylation is 3. The van der Waals surface area contributed by atoms with Gasteiger partial charge in [-0.15, -0.1) is 0 Å². The highest BCUT2D eigenvalue weighted by Gasteiger charge is 2.27. The van der Waals surface area contributed by atoms with Crippen molar-refractivity contribution in [3.05, 3.63) is 70.9 Å². The van der Waals surface area contributed by atoms with Gasteiger partial charge in [-0.05, 0) is 62.6 Å². The molecule has 1 N–H and O–H groups in total. The quantitative estimate of drug-likeness (QED) is 0.381. The van der Waals surface area contributed by atoms with Crippen molar-refractivity contribution in [2.24, 2.45) is 0 Å². The molecule has 0 fully saturated rings. The lowest BCUT2D eigenvalue weighted by Crippen LogP contribution is -2.19. The van der Waals surface area contributed by atoms with Crippen LogP contribution < -0.4 is 9.46 Å². The fraction of sp³-hybridized carbons (Fsp3) is 0.240. The molecule has 0 aliphatic carbocycles. The van der Waals surface area contributed by atoms with Crippen molar-refractivity contribution in [1.82, 2.24) is 14.8 Å². The molecule has 4 aromatic rings. The summed E-state index contributed by atoms with van der Waals surface area (Å²) in [5, 5.41) is 5.27. The van der Waals surface area contributed by atoms with E-state index in [2.05, 4.69) is 9.82 Å². The number of carbonyl (C=O) groups excluding carboxylic acids is 1. The van der Waals surface area contributed by atoms with E-state index >= 15 is 0 Å². The first-order valence-electron chi connectivity index (χ1n) is 11.0. The van der Waals surface area contributed by atoms with E-state index in [1.165, 1.54) is 24.1 Å². The first-order valence-corrected chi connectivity index (χ1v) is 12.4. The number of rotatable bonds is 7. The molecule has 2 aromatic carbocycles. The van der Waals surface area contributed by atoms with Gasteiger partial charge in [-0.25, -0.2) is 18.2 Å². The lowest BCUT2D eigenvalue weighted by atomic mass is 10.1. The van der Waals surface area contributed by atoms with Gasteiger partial charge in [0, 0.05) is 5.39 Å². The number of benzene rings is 2. The van der Waals surface area contributed by atoms with Crippen LogP contribution in [-0.4, -0.2) is 42.9 Å². The molecule has 10 heteroatoms. The van der Waals surface area contributed by atoms with Gasteiger partial charge in [-0.3, -0.25) is 4.72 Å². The normalized spacial score (nSPS) is 11.5. The number of sulfonamides is 1. The number of aromatic nitrogens is 3. The van der Waals surface area contributed by atoms with Crippen molar-refractivity contribution >= 4 is 32.7 Å². The minimum Gasteiger partial charge on any atom is -0.495 e. The third-order valence-corrected chi connectivity index (χ3v) is 6.92. The second-order valence-corrected chi connectivity index (χ2v) is 9.72. The Kier molecular flexibility index (Phi) is 6.49. The van der Waals surface area contributed by atoms with Crippen LogP contribution >= 0.6 is 0 Å². The number of methoxy groups -OCH3 is 1. The average Bonchev–Trinajstić information content (AvgIpc) is 3.22. The van der Waals surface area contributed by atoms with Crippen molar-refractivity contribution in [2.45, 2.75) is 32.6 Å². The predicted molar refractivity (Wildman–Crippen MR) is 133 cm³/mol. The summed E-state index contributed by atoms with van der Waals surface area (Å²) in [7, 11) is -2.79. The molecule has 0 atom stereocenters. The predicted octanol–water partition coefficient (Wildman–Crippen LogP) is 4.33. The average molecular weight is 495 g/mol. The van der Waals surface area contributed by atoms with Gasteiger partial charge in [0.05, 0.1) is 25.4 Å². The van der Waals surface area contributed by atoms with Crippen molar-refractivity contribution < 1.29 is 22.7 Å². The molecule has 182 valence electrons. The van der Waals surface area contributed by atoms with Crippen molar-refractivity contribution in [1.29, 1.82) is 0 Å². The molecule has 0 bridgehead atoms. The van der Waals surface area contributed by atoms with E-state index in [0.717, 1.165) is 27.6 Å². The summed E-state index contributed by atoms with van der Waals surface area (Å²) in [5.74, 6) is -0.260. The van der Waals surface area contributed by atoms with Gasteiger partial charge in [-0.2, -0.15) is 9.78 Å². The SMILES string of the molecule is CCOC(=O)c1cnn(-c2cc(C)c3cccc(C)c3n2)c1NS(=O)(=O)c1cc(C)ccc1OC. The number of ether oxygens (including phenoxy) is 2. The zero-order valence-electron chi connectivity index (χ0n) is 20.1. The van der Waals surface area contributed by atoms with Crippen molar-refractivity contribution in [3.8, 4) is 11.6 Å². The first-order chi connectivity index (χ1) is 16.7. The molecule has 0 saturated heterocycles. The van der Waals surface area contributed by atoms with E-state index < -0.39 is 16.0 Å². The fourth-order valence-electron chi connectivity index (χ4n) is 3.81. The van der Waals surface area contributed by atoms with Gasteiger partial charge in [0.1, 0.15) is 16.2 Å². The van der Waals surface area contributed by atoms with Gasteiger partial charge >= 0.3 is 5.97 Å². The third-order valence-electron chi connectivity index (χ3n) is 5.56. The lowest BCUT2D eigenvalue weighted by molar-refractivity contribution is 0.0527. The number of carbonyl (C=O) groups is 1. The molecule has 0 saturated carbocycles. The topological polar surface area (TPSA) is 112 Å². The molecule has 0 aliphatic rings. The third kappa shape index (κ3) is 4.57. The molecule has 0 amide bonds. The number of para-hydroxylation sites is 1. The Morgan fingerprint density at radius 3 is 2.57 bits per heavy atom. The minimum atomic E-state index is -4.18. The Balaban J connectivity index is 1.91. The van der Waals surface area contributed by atoms with Crippen molar-refractivity contribution in [3.63, 3.8) is 0 Å². The van der Waals surface area contributed by atoms with Crippen LogP contribution in [-0.2, 0) is 14.8 Å². The van der Waals surface area contributed by atoms with Crippen LogP contribution in [0.2, 0.25) is 0 Å². The van der Waals surface area contributed by atoms with Crippen LogP contribution in [0.25, 0.3) is 16.7 Å². The monoisotopic (exact) mass is 494 g/mol. The van der Waals surface area contributed by atoms with E-state index in [9.17, 15) is 13.2 Å². The summed E-state index contributed by atoms with van der Waals surface area (Å²) in [6.45, 7) is 7.44. The van der Waals surface area contributed by atoms with E-state index in [1.807, 2.05) is 32.0 Å². The highest BCUT2D eigenvalue weighted by Crippen LogP contribution is 2.30. The number of hydrogen-bond donors (Lipinski definition) is 1. The molecular weight excluding hydrogens is 468 g/mol. The zero-order chi connectivity index (χ0) is 25.3. The molecule has 4 rings (SSSR count). The molecule has 2 aromatic heterocycles. The molecule has 2 heterocycles. The van der Waals surface area contributed by atoms with Gasteiger partial charge in [0.15, 0.2) is 11.6 Å². The standard InChI is InChI=1S/C25H26N4O5S/c1-6-34-25(30)19-14-26-29(22-13-17(4)18-9-7-8-16(3)23(18)27-22)24(19)28-35(31,32)21-12-15(2)10-11-20(21)33-5/h7-14,28H,6H2,1-5H3. The maximum Gasteiger partial charge on any atom is 0.343 e. The summed E-state index contributed by atoms with van der Waals surface area (Å²) in [4.78, 5) is 17.3. The largest absolute Gasteiger partial charge is 0.495 e. The van der Waals surface area contributed by atoms with Gasteiger partial charge in [-0.1, -0.05) is 24.3 Å². The number of nitrogens with one attached hydrogen (secondary N) is 1. The number of nitrogens with zero attached hydrogens (tertiary/aromatic N) is 3. The number of hydrogen-bond acceptors (Lipinski definition) is 7. The maximum atomic E-state index is 13.5. The van der Waals surface area contributed by atoms with Gasteiger partial charge in [0.2, 0.25) is 0 Å². The van der Waals surface area contributed by atoms with E-state index in [1.54, 1.807) is 32.0 Å². The van der Waals surface area contributed by atoms with E-state index in [0.29, 0.717) is 5.82 Å².